The van der Waals surface area contributed by atoms with Gasteiger partial charge in [0.1, 0.15) is 16.5 Å². The highest BCUT2D eigenvalue weighted by Crippen LogP contribution is 2.56. The van der Waals surface area contributed by atoms with Gasteiger partial charge in [-0.3, -0.25) is 4.21 Å². The number of nitrogens with one attached hydrogen (secondary N) is 1. The van der Waals surface area contributed by atoms with Crippen LogP contribution in [0, 0.1) is 5.41 Å². The van der Waals surface area contributed by atoms with E-state index in [1.807, 2.05) is 13.8 Å². The molecule has 1 atom stereocenters. The third-order valence-electron chi connectivity index (χ3n) is 7.90. The average Bonchev–Trinajstić information content (AvgIpc) is 2.92. The number of rotatable bonds is 5. The smallest absolute Gasteiger partial charge is 0.227 e. The zero-order valence-corrected chi connectivity index (χ0v) is 20.5. The first-order valence-electron chi connectivity index (χ1n) is 11.7. The fourth-order valence-electron chi connectivity index (χ4n) is 5.81. The van der Waals surface area contributed by atoms with Gasteiger partial charge < -0.3 is 15.3 Å². The topological polar surface area (TPSA) is 104 Å². The van der Waals surface area contributed by atoms with Crippen molar-refractivity contribution in [3.63, 3.8) is 0 Å². The number of aromatic nitrogens is 4. The molecule has 2 N–H and O–H groups in total. The molecule has 0 amide bonds. The standard InChI is InChI=1S/C23H29ClN6O2S/c1-21(2)8-16-17(33(21)32)19(29-23(13-31)4-3-5-23)28-20(27-16)30-11-22(12-30)6-14(7-22)18-25-9-15(24)10-26-18/h9-10,14,31H,3-8,11-13H2,1-2H3,(H,27,28,29). The van der Waals surface area contributed by atoms with Gasteiger partial charge in [-0.15, -0.1) is 0 Å². The maximum absolute atomic E-state index is 13.2. The summed E-state index contributed by atoms with van der Waals surface area (Å²) < 4.78 is 12.9. The molecule has 2 aliphatic heterocycles. The fourth-order valence-corrected chi connectivity index (χ4v) is 7.33. The number of nitrogens with zero attached hydrogens (tertiary/aromatic N) is 5. The van der Waals surface area contributed by atoms with Crippen molar-refractivity contribution in [2.45, 2.75) is 73.5 Å². The van der Waals surface area contributed by atoms with E-state index in [4.69, 9.17) is 21.6 Å². The molecule has 10 heteroatoms. The Hall–Kier alpha value is -1.84. The number of fused-ring (bicyclic) bond motifs is 1. The van der Waals surface area contributed by atoms with Crippen LogP contribution in [0.5, 0.6) is 0 Å². The summed E-state index contributed by atoms with van der Waals surface area (Å²) in [6.45, 7) is 5.91. The first-order chi connectivity index (χ1) is 15.7. The monoisotopic (exact) mass is 488 g/mol. The minimum atomic E-state index is -1.18. The molecule has 1 spiro atoms. The lowest BCUT2D eigenvalue weighted by Gasteiger charge is -2.58. The summed E-state index contributed by atoms with van der Waals surface area (Å²) in [6, 6.07) is 0. The summed E-state index contributed by atoms with van der Waals surface area (Å²) in [5, 5.41) is 14.0. The summed E-state index contributed by atoms with van der Waals surface area (Å²) in [7, 11) is -1.18. The molecule has 2 saturated carbocycles. The van der Waals surface area contributed by atoms with E-state index >= 15 is 0 Å². The molecule has 0 radical (unpaired) electrons. The largest absolute Gasteiger partial charge is 0.394 e. The molecule has 4 aliphatic rings. The van der Waals surface area contributed by atoms with E-state index in [2.05, 4.69) is 20.2 Å². The van der Waals surface area contributed by atoms with Crippen LogP contribution in [0.25, 0.3) is 0 Å². The number of hydrogen-bond acceptors (Lipinski definition) is 8. The van der Waals surface area contributed by atoms with E-state index < -0.39 is 10.8 Å². The van der Waals surface area contributed by atoms with Crippen molar-refractivity contribution >= 4 is 34.2 Å². The Kier molecular flexibility index (Phi) is 4.81. The summed E-state index contributed by atoms with van der Waals surface area (Å²) in [5.41, 5.74) is 0.790. The maximum Gasteiger partial charge on any atom is 0.227 e. The van der Waals surface area contributed by atoms with E-state index in [9.17, 15) is 9.32 Å². The van der Waals surface area contributed by atoms with Crippen LogP contribution in [-0.4, -0.2) is 59.2 Å². The third kappa shape index (κ3) is 3.46. The zero-order valence-electron chi connectivity index (χ0n) is 19.0. The van der Waals surface area contributed by atoms with E-state index in [0.29, 0.717) is 29.1 Å². The lowest BCUT2D eigenvalue weighted by atomic mass is 9.57. The van der Waals surface area contributed by atoms with Gasteiger partial charge in [0.25, 0.3) is 0 Å². The first-order valence-corrected chi connectivity index (χ1v) is 13.2. The molecule has 6 rings (SSSR count). The normalized spacial score (nSPS) is 26.3. The van der Waals surface area contributed by atoms with Gasteiger partial charge in [0.05, 0.1) is 38.4 Å². The van der Waals surface area contributed by atoms with E-state index in [1.165, 1.54) is 0 Å². The molecule has 2 aliphatic carbocycles. The van der Waals surface area contributed by atoms with Crippen molar-refractivity contribution in [3.8, 4) is 0 Å². The van der Waals surface area contributed by atoms with Crippen LogP contribution < -0.4 is 10.2 Å². The minimum Gasteiger partial charge on any atom is -0.394 e. The van der Waals surface area contributed by atoms with E-state index in [-0.39, 0.29) is 22.3 Å². The molecule has 4 heterocycles. The average molecular weight is 489 g/mol. The number of aliphatic hydroxyl groups excluding tert-OH is 1. The second kappa shape index (κ2) is 7.33. The van der Waals surface area contributed by atoms with Crippen molar-refractivity contribution < 1.29 is 9.32 Å². The van der Waals surface area contributed by atoms with Crippen LogP contribution in [0.4, 0.5) is 11.8 Å². The number of hydrogen-bond donors (Lipinski definition) is 2. The summed E-state index contributed by atoms with van der Waals surface area (Å²) >= 11 is 5.92. The van der Waals surface area contributed by atoms with Gasteiger partial charge in [0, 0.05) is 43.2 Å². The molecule has 33 heavy (non-hydrogen) atoms. The second-order valence-corrected chi connectivity index (χ2v) is 13.5. The molecule has 2 aromatic heterocycles. The number of anilines is 2. The molecule has 2 aromatic rings. The highest BCUT2D eigenvalue weighted by molar-refractivity contribution is 7.87. The van der Waals surface area contributed by atoms with Crippen LogP contribution in [0.15, 0.2) is 17.3 Å². The predicted molar refractivity (Wildman–Crippen MR) is 127 cm³/mol. The molecule has 1 saturated heterocycles. The molecule has 3 fully saturated rings. The molecular formula is C23H29ClN6O2S. The second-order valence-electron chi connectivity index (χ2n) is 11.0. The number of aliphatic hydroxyl groups is 1. The summed E-state index contributed by atoms with van der Waals surface area (Å²) in [5.74, 6) is 2.61. The molecule has 1 unspecified atom stereocenters. The summed E-state index contributed by atoms with van der Waals surface area (Å²) in [6.07, 6.45) is 9.00. The predicted octanol–water partition coefficient (Wildman–Crippen LogP) is 3.07. The van der Waals surface area contributed by atoms with Crippen molar-refractivity contribution in [2.75, 3.05) is 29.9 Å². The Bertz CT molecular complexity index is 1120. The SMILES string of the molecule is CC1(C)Cc2nc(N3CC4(CC(c5ncc(Cl)cn5)C4)C3)nc(NC3(CO)CCC3)c2S1=O. The molecule has 0 aromatic carbocycles. The van der Waals surface area contributed by atoms with Crippen LogP contribution in [0.2, 0.25) is 5.02 Å². The lowest BCUT2D eigenvalue weighted by molar-refractivity contribution is 0.0582. The van der Waals surface area contributed by atoms with Crippen molar-refractivity contribution in [1.82, 2.24) is 19.9 Å². The number of halogens is 1. The molecular weight excluding hydrogens is 460 g/mol. The van der Waals surface area contributed by atoms with Crippen LogP contribution in [0.1, 0.15) is 63.4 Å². The van der Waals surface area contributed by atoms with E-state index in [0.717, 1.165) is 61.6 Å². The van der Waals surface area contributed by atoms with Gasteiger partial charge in [-0.05, 0) is 46.0 Å². The minimum absolute atomic E-state index is 0.0537. The Morgan fingerprint density at radius 2 is 1.91 bits per heavy atom. The van der Waals surface area contributed by atoms with Crippen LogP contribution in [0.3, 0.4) is 0 Å². The van der Waals surface area contributed by atoms with Crippen LogP contribution in [-0.2, 0) is 17.2 Å². The Labute approximate surface area is 201 Å². The highest BCUT2D eigenvalue weighted by atomic mass is 35.5. The van der Waals surface area contributed by atoms with Gasteiger partial charge >= 0.3 is 0 Å². The van der Waals surface area contributed by atoms with Gasteiger partial charge in [-0.2, -0.15) is 4.98 Å². The van der Waals surface area contributed by atoms with Crippen molar-refractivity contribution in [2.24, 2.45) is 5.41 Å². The highest BCUT2D eigenvalue weighted by Gasteiger charge is 2.54. The van der Waals surface area contributed by atoms with E-state index in [1.54, 1.807) is 12.4 Å². The van der Waals surface area contributed by atoms with Gasteiger partial charge in [-0.1, -0.05) is 11.6 Å². The van der Waals surface area contributed by atoms with Gasteiger partial charge in [0.2, 0.25) is 5.95 Å². The zero-order chi connectivity index (χ0) is 23.0. The van der Waals surface area contributed by atoms with Crippen molar-refractivity contribution in [3.05, 3.63) is 28.9 Å². The molecule has 8 nitrogen and oxygen atoms in total. The Morgan fingerprint density at radius 3 is 2.52 bits per heavy atom. The quantitative estimate of drug-likeness (QED) is 0.661. The third-order valence-corrected chi connectivity index (χ3v) is 10.0. The Morgan fingerprint density at radius 1 is 1.21 bits per heavy atom. The fraction of sp³-hybridized carbons (Fsp3) is 0.652. The lowest BCUT2D eigenvalue weighted by Crippen LogP contribution is -2.62. The van der Waals surface area contributed by atoms with Crippen LogP contribution >= 0.6 is 11.6 Å². The van der Waals surface area contributed by atoms with Gasteiger partial charge in [-0.25, -0.2) is 15.0 Å². The summed E-state index contributed by atoms with van der Waals surface area (Å²) in [4.78, 5) is 21.5. The van der Waals surface area contributed by atoms with Gasteiger partial charge in [0.15, 0.2) is 0 Å². The maximum atomic E-state index is 13.2. The first kappa shape index (κ1) is 21.7. The molecule has 176 valence electrons. The Balaban J connectivity index is 1.22. The molecule has 0 bridgehead atoms. The van der Waals surface area contributed by atoms with Crippen molar-refractivity contribution in [1.29, 1.82) is 0 Å².